The highest BCUT2D eigenvalue weighted by atomic mass is 79.9. The van der Waals surface area contributed by atoms with Crippen molar-refractivity contribution in [2.45, 2.75) is 31.8 Å². The Balaban J connectivity index is 1.99. The van der Waals surface area contributed by atoms with Crippen LogP contribution in [0.25, 0.3) is 0 Å². The van der Waals surface area contributed by atoms with Crippen LogP contribution in [0, 0.1) is 0 Å². The zero-order valence-corrected chi connectivity index (χ0v) is 16.5. The Hall–Kier alpha value is -2.34. The van der Waals surface area contributed by atoms with Gasteiger partial charge in [-0.15, -0.1) is 0 Å². The second-order valence-electron chi connectivity index (χ2n) is 6.12. The minimum absolute atomic E-state index is 0.0682. The number of carbonyl (C=O) groups is 2. The summed E-state index contributed by atoms with van der Waals surface area (Å²) in [7, 11) is 1.28. The number of hydrogen-bond donors (Lipinski definition) is 2. The van der Waals surface area contributed by atoms with Crippen LogP contribution in [0.4, 0.5) is 4.79 Å². The highest BCUT2D eigenvalue weighted by Crippen LogP contribution is 2.12. The van der Waals surface area contributed by atoms with Gasteiger partial charge in [-0.05, 0) is 36.6 Å². The molecule has 26 heavy (non-hydrogen) atoms. The number of ether oxygens (including phenoxy) is 1. The van der Waals surface area contributed by atoms with Crippen LogP contribution in [0.15, 0.2) is 59.1 Å². The van der Waals surface area contributed by atoms with E-state index in [9.17, 15) is 9.59 Å². The largest absolute Gasteiger partial charge is 0.453 e. The van der Waals surface area contributed by atoms with Gasteiger partial charge in [0.1, 0.15) is 6.04 Å². The molecule has 0 radical (unpaired) electrons. The van der Waals surface area contributed by atoms with Crippen molar-refractivity contribution in [2.24, 2.45) is 0 Å². The molecular formula is C20H23BrN2O3. The van der Waals surface area contributed by atoms with Gasteiger partial charge in [-0.3, -0.25) is 4.79 Å². The number of benzene rings is 2. The van der Waals surface area contributed by atoms with Crippen molar-refractivity contribution >= 4 is 27.9 Å². The number of methoxy groups -OCH3 is 1. The summed E-state index contributed by atoms with van der Waals surface area (Å²) in [5.74, 6) is -0.233. The summed E-state index contributed by atoms with van der Waals surface area (Å²) in [6, 6.07) is 16.8. The van der Waals surface area contributed by atoms with Crippen molar-refractivity contribution < 1.29 is 14.3 Å². The number of carbonyl (C=O) groups excluding carboxylic acids is 2. The number of amides is 2. The Labute approximate surface area is 162 Å². The van der Waals surface area contributed by atoms with E-state index in [1.54, 1.807) is 0 Å². The van der Waals surface area contributed by atoms with E-state index in [0.717, 1.165) is 15.6 Å². The lowest BCUT2D eigenvalue weighted by molar-refractivity contribution is -0.123. The Morgan fingerprint density at radius 2 is 1.58 bits per heavy atom. The van der Waals surface area contributed by atoms with Crippen LogP contribution in [0.2, 0.25) is 0 Å². The molecule has 2 N–H and O–H groups in total. The van der Waals surface area contributed by atoms with E-state index in [-0.39, 0.29) is 11.9 Å². The molecule has 138 valence electrons. The van der Waals surface area contributed by atoms with Gasteiger partial charge in [0.15, 0.2) is 0 Å². The molecule has 2 aromatic rings. The van der Waals surface area contributed by atoms with Gasteiger partial charge in [-0.1, -0.05) is 58.4 Å². The molecule has 0 aromatic heterocycles. The Kier molecular flexibility index (Phi) is 7.66. The van der Waals surface area contributed by atoms with Crippen LogP contribution in [0.5, 0.6) is 0 Å². The fourth-order valence-corrected chi connectivity index (χ4v) is 2.89. The standard InChI is InChI=1S/C20H23BrN2O3/c1-14(12-16-8-10-17(21)11-9-16)22-19(24)18(23-20(25)26-2)13-15-6-4-3-5-7-15/h3-11,14,18H,12-13H2,1-2H3,(H,22,24)(H,23,25). The van der Waals surface area contributed by atoms with Crippen LogP contribution in [-0.4, -0.2) is 31.2 Å². The number of hydrogen-bond acceptors (Lipinski definition) is 3. The van der Waals surface area contributed by atoms with Crippen molar-refractivity contribution in [2.75, 3.05) is 7.11 Å². The molecule has 0 aliphatic carbocycles. The molecular weight excluding hydrogens is 396 g/mol. The predicted molar refractivity (Wildman–Crippen MR) is 105 cm³/mol. The molecule has 0 spiro atoms. The maximum atomic E-state index is 12.7. The predicted octanol–water partition coefficient (Wildman–Crippen LogP) is 3.46. The van der Waals surface area contributed by atoms with Crippen LogP contribution in [-0.2, 0) is 22.4 Å². The van der Waals surface area contributed by atoms with Gasteiger partial charge in [-0.2, -0.15) is 0 Å². The zero-order valence-electron chi connectivity index (χ0n) is 14.9. The van der Waals surface area contributed by atoms with E-state index in [4.69, 9.17) is 0 Å². The third kappa shape index (κ3) is 6.52. The second kappa shape index (κ2) is 9.97. The van der Waals surface area contributed by atoms with Crippen LogP contribution in [0.1, 0.15) is 18.1 Å². The molecule has 6 heteroatoms. The smallest absolute Gasteiger partial charge is 0.407 e. The first-order valence-electron chi connectivity index (χ1n) is 8.41. The minimum atomic E-state index is -0.697. The number of nitrogens with one attached hydrogen (secondary N) is 2. The van der Waals surface area contributed by atoms with Crippen molar-refractivity contribution in [3.8, 4) is 0 Å². The topological polar surface area (TPSA) is 67.4 Å². The molecule has 2 unspecified atom stereocenters. The van der Waals surface area contributed by atoms with E-state index in [1.165, 1.54) is 7.11 Å². The maximum Gasteiger partial charge on any atom is 0.407 e. The minimum Gasteiger partial charge on any atom is -0.453 e. The van der Waals surface area contributed by atoms with Crippen molar-refractivity contribution in [3.05, 3.63) is 70.2 Å². The average molecular weight is 419 g/mol. The van der Waals surface area contributed by atoms with Gasteiger partial charge in [-0.25, -0.2) is 4.79 Å². The molecule has 0 fully saturated rings. The summed E-state index contributed by atoms with van der Waals surface area (Å²) in [6.07, 6.45) is 0.476. The van der Waals surface area contributed by atoms with Crippen molar-refractivity contribution in [1.29, 1.82) is 0 Å². The second-order valence-corrected chi connectivity index (χ2v) is 7.03. The average Bonchev–Trinajstić information content (AvgIpc) is 2.63. The first kappa shape index (κ1) is 20.0. The van der Waals surface area contributed by atoms with Crippen LogP contribution in [0.3, 0.4) is 0 Å². The number of rotatable bonds is 7. The summed E-state index contributed by atoms with van der Waals surface area (Å²) in [4.78, 5) is 24.3. The molecule has 2 amide bonds. The Morgan fingerprint density at radius 1 is 0.962 bits per heavy atom. The van der Waals surface area contributed by atoms with Gasteiger partial charge in [0.25, 0.3) is 0 Å². The molecule has 0 aliphatic heterocycles. The summed E-state index contributed by atoms with van der Waals surface area (Å²) < 4.78 is 5.66. The fourth-order valence-electron chi connectivity index (χ4n) is 2.63. The number of alkyl carbamates (subject to hydrolysis) is 1. The summed E-state index contributed by atoms with van der Waals surface area (Å²) in [6.45, 7) is 1.94. The quantitative estimate of drug-likeness (QED) is 0.723. The fraction of sp³-hybridized carbons (Fsp3) is 0.300. The molecule has 0 saturated heterocycles. The molecule has 2 atom stereocenters. The highest BCUT2D eigenvalue weighted by molar-refractivity contribution is 9.10. The van der Waals surface area contributed by atoms with Gasteiger partial charge >= 0.3 is 6.09 Å². The first-order chi connectivity index (χ1) is 12.5. The first-order valence-corrected chi connectivity index (χ1v) is 9.20. The molecule has 0 aliphatic rings. The van der Waals surface area contributed by atoms with Gasteiger partial charge in [0.05, 0.1) is 7.11 Å². The molecule has 0 saturated carbocycles. The zero-order chi connectivity index (χ0) is 18.9. The number of halogens is 1. The highest BCUT2D eigenvalue weighted by Gasteiger charge is 2.23. The van der Waals surface area contributed by atoms with E-state index < -0.39 is 12.1 Å². The summed E-state index contributed by atoms with van der Waals surface area (Å²) >= 11 is 3.41. The molecule has 0 bridgehead atoms. The van der Waals surface area contributed by atoms with Gasteiger partial charge < -0.3 is 15.4 Å². The lowest BCUT2D eigenvalue weighted by Crippen LogP contribution is -2.50. The van der Waals surface area contributed by atoms with Gasteiger partial charge in [0.2, 0.25) is 5.91 Å². The Morgan fingerprint density at radius 3 is 2.19 bits per heavy atom. The lowest BCUT2D eigenvalue weighted by Gasteiger charge is -2.21. The third-order valence-electron chi connectivity index (χ3n) is 3.92. The summed E-state index contributed by atoms with van der Waals surface area (Å²) in [5.41, 5.74) is 2.09. The van der Waals surface area contributed by atoms with E-state index in [1.807, 2.05) is 61.5 Å². The van der Waals surface area contributed by atoms with E-state index in [2.05, 4.69) is 31.3 Å². The van der Waals surface area contributed by atoms with Gasteiger partial charge in [0, 0.05) is 16.9 Å². The summed E-state index contributed by atoms with van der Waals surface area (Å²) in [5, 5.41) is 5.58. The molecule has 2 rings (SSSR count). The van der Waals surface area contributed by atoms with Crippen molar-refractivity contribution in [3.63, 3.8) is 0 Å². The van der Waals surface area contributed by atoms with Crippen molar-refractivity contribution in [1.82, 2.24) is 10.6 Å². The normalized spacial score (nSPS) is 12.7. The van der Waals surface area contributed by atoms with E-state index >= 15 is 0 Å². The lowest BCUT2D eigenvalue weighted by atomic mass is 10.0. The molecule has 5 nitrogen and oxygen atoms in total. The van der Waals surface area contributed by atoms with E-state index in [0.29, 0.717) is 12.8 Å². The maximum absolute atomic E-state index is 12.7. The molecule has 2 aromatic carbocycles. The Bertz CT molecular complexity index is 720. The third-order valence-corrected chi connectivity index (χ3v) is 4.45. The molecule has 0 heterocycles. The van der Waals surface area contributed by atoms with Crippen LogP contribution >= 0.6 is 15.9 Å². The van der Waals surface area contributed by atoms with Crippen LogP contribution < -0.4 is 10.6 Å². The monoisotopic (exact) mass is 418 g/mol. The SMILES string of the molecule is COC(=O)NC(Cc1ccccc1)C(=O)NC(C)Cc1ccc(Br)cc1.